The van der Waals surface area contributed by atoms with E-state index in [2.05, 4.69) is 29.6 Å². The lowest BCUT2D eigenvalue weighted by molar-refractivity contribution is -0.107. The molecule has 0 spiro atoms. The van der Waals surface area contributed by atoms with E-state index in [1.54, 1.807) is 6.20 Å². The van der Waals surface area contributed by atoms with E-state index in [0.717, 1.165) is 30.1 Å². The summed E-state index contributed by atoms with van der Waals surface area (Å²) in [5.41, 5.74) is 2.70. The third-order valence-electron chi connectivity index (χ3n) is 5.57. The molecular weight excluding hydrogens is 316 g/mol. The summed E-state index contributed by atoms with van der Waals surface area (Å²) >= 11 is 0. The van der Waals surface area contributed by atoms with Gasteiger partial charge in [-0.15, -0.1) is 0 Å². The molecule has 0 bridgehead atoms. The van der Waals surface area contributed by atoms with Gasteiger partial charge in [-0.05, 0) is 37.6 Å². The van der Waals surface area contributed by atoms with Gasteiger partial charge in [0.1, 0.15) is 0 Å². The first-order valence-corrected chi connectivity index (χ1v) is 8.77. The van der Waals surface area contributed by atoms with E-state index in [1.807, 2.05) is 41.9 Å². The monoisotopic (exact) mass is 340 g/mol. The van der Waals surface area contributed by atoms with Crippen LogP contribution in [0.15, 0.2) is 36.5 Å². The molecule has 2 heterocycles. The number of aromatic nitrogens is 2. The molecule has 0 unspecified atom stereocenters. The maximum absolute atomic E-state index is 12.5. The number of rotatable bonds is 3. The third-order valence-corrected chi connectivity index (χ3v) is 5.57. The maximum atomic E-state index is 12.5. The Morgan fingerprint density at radius 2 is 2.20 bits per heavy atom. The summed E-state index contributed by atoms with van der Waals surface area (Å²) in [7, 11) is 0. The Labute approximate surface area is 147 Å². The molecule has 4 rings (SSSR count). The van der Waals surface area contributed by atoms with Crippen molar-refractivity contribution in [3.05, 3.63) is 42.2 Å². The molecule has 3 atom stereocenters. The zero-order chi connectivity index (χ0) is 17.6. The summed E-state index contributed by atoms with van der Waals surface area (Å²) in [6.07, 6.45) is 3.05. The number of carbonyl (C=O) groups excluding carboxylic acids is 1. The van der Waals surface area contributed by atoms with E-state index in [0.29, 0.717) is 5.92 Å². The van der Waals surface area contributed by atoms with Gasteiger partial charge in [-0.3, -0.25) is 0 Å². The van der Waals surface area contributed by atoms with E-state index in [4.69, 9.17) is 4.74 Å². The van der Waals surface area contributed by atoms with Gasteiger partial charge in [0, 0.05) is 41.6 Å². The highest BCUT2D eigenvalue weighted by Crippen LogP contribution is 2.52. The van der Waals surface area contributed by atoms with Gasteiger partial charge in [-0.25, -0.2) is 9.48 Å². The van der Waals surface area contributed by atoms with E-state index in [-0.39, 0.29) is 23.6 Å². The molecular formula is C19H24N4O2. The van der Waals surface area contributed by atoms with Crippen molar-refractivity contribution in [3.8, 4) is 5.69 Å². The Hall–Kier alpha value is -2.34. The van der Waals surface area contributed by atoms with E-state index in [9.17, 15) is 4.79 Å². The molecule has 6 heteroatoms. The number of anilines is 1. The van der Waals surface area contributed by atoms with Crippen LogP contribution in [-0.2, 0) is 4.74 Å². The van der Waals surface area contributed by atoms with Gasteiger partial charge in [0.05, 0.1) is 11.8 Å². The summed E-state index contributed by atoms with van der Waals surface area (Å²) < 4.78 is 7.63. The van der Waals surface area contributed by atoms with Crippen molar-refractivity contribution in [2.75, 3.05) is 11.9 Å². The Morgan fingerprint density at radius 1 is 1.36 bits per heavy atom. The van der Waals surface area contributed by atoms with Crippen molar-refractivity contribution < 1.29 is 9.53 Å². The normalized spacial score (nSPS) is 26.6. The minimum Gasteiger partial charge on any atom is -0.377 e. The number of amides is 2. The molecule has 2 fully saturated rings. The van der Waals surface area contributed by atoms with Gasteiger partial charge in [-0.1, -0.05) is 19.9 Å². The standard InChI is InChI=1S/C19H24N4O2/c1-12-7-9-20-23(12)14-6-4-5-13(11-14)21-18(24)22-16-15-8-10-25-17(15)19(16,2)3/h4-7,9,11,15-17H,8,10H2,1-3H3,(H2,21,22,24)/t15-,16+,17+/m0/s1. The Kier molecular flexibility index (Phi) is 3.80. The Bertz CT molecular complexity index is 798. The number of aryl methyl sites for hydroxylation is 1. The lowest BCUT2D eigenvalue weighted by Crippen LogP contribution is -2.67. The first kappa shape index (κ1) is 16.1. The van der Waals surface area contributed by atoms with Gasteiger partial charge in [0.2, 0.25) is 0 Å². The number of hydrogen-bond acceptors (Lipinski definition) is 3. The van der Waals surface area contributed by atoms with Crippen LogP contribution in [0.1, 0.15) is 26.0 Å². The van der Waals surface area contributed by atoms with Crippen LogP contribution >= 0.6 is 0 Å². The number of hydrogen-bond donors (Lipinski definition) is 2. The maximum Gasteiger partial charge on any atom is 0.319 e. The summed E-state index contributed by atoms with van der Waals surface area (Å²) in [4.78, 5) is 12.5. The summed E-state index contributed by atoms with van der Waals surface area (Å²) in [6, 6.07) is 9.63. The molecule has 132 valence electrons. The fourth-order valence-corrected chi connectivity index (χ4v) is 4.28. The van der Waals surface area contributed by atoms with Crippen LogP contribution in [0.5, 0.6) is 0 Å². The van der Waals surface area contributed by atoms with Gasteiger partial charge < -0.3 is 15.4 Å². The first-order chi connectivity index (χ1) is 12.0. The fourth-order valence-electron chi connectivity index (χ4n) is 4.28. The van der Waals surface area contributed by atoms with Gasteiger partial charge in [-0.2, -0.15) is 5.10 Å². The van der Waals surface area contributed by atoms with E-state index >= 15 is 0 Å². The highest BCUT2D eigenvalue weighted by Gasteiger charge is 2.59. The molecule has 0 radical (unpaired) electrons. The van der Waals surface area contributed by atoms with Crippen molar-refractivity contribution >= 4 is 11.7 Å². The zero-order valence-electron chi connectivity index (χ0n) is 14.8. The average molecular weight is 340 g/mol. The largest absolute Gasteiger partial charge is 0.377 e. The van der Waals surface area contributed by atoms with Crippen LogP contribution in [0.25, 0.3) is 5.69 Å². The molecule has 1 saturated carbocycles. The lowest BCUT2D eigenvalue weighted by atomic mass is 9.57. The molecule has 1 saturated heterocycles. The minimum absolute atomic E-state index is 0.0213. The summed E-state index contributed by atoms with van der Waals surface area (Å²) in [6.45, 7) is 7.11. The second kappa shape index (κ2) is 5.88. The predicted molar refractivity (Wildman–Crippen MR) is 95.9 cm³/mol. The van der Waals surface area contributed by atoms with Gasteiger partial charge in [0.15, 0.2) is 0 Å². The van der Waals surface area contributed by atoms with Crippen molar-refractivity contribution in [3.63, 3.8) is 0 Å². The zero-order valence-corrected chi connectivity index (χ0v) is 14.8. The highest BCUT2D eigenvalue weighted by molar-refractivity contribution is 5.90. The highest BCUT2D eigenvalue weighted by atomic mass is 16.5. The second-order valence-electron chi connectivity index (χ2n) is 7.58. The van der Waals surface area contributed by atoms with Crippen LogP contribution in [0.3, 0.4) is 0 Å². The van der Waals surface area contributed by atoms with Crippen LogP contribution < -0.4 is 10.6 Å². The molecule has 1 aromatic heterocycles. The number of ether oxygens (including phenoxy) is 1. The Morgan fingerprint density at radius 3 is 2.96 bits per heavy atom. The number of urea groups is 1. The van der Waals surface area contributed by atoms with E-state index < -0.39 is 0 Å². The number of nitrogens with one attached hydrogen (secondary N) is 2. The third kappa shape index (κ3) is 2.70. The quantitative estimate of drug-likeness (QED) is 0.902. The molecule has 6 nitrogen and oxygen atoms in total. The molecule has 1 aliphatic heterocycles. The minimum atomic E-state index is -0.169. The van der Waals surface area contributed by atoms with Crippen LogP contribution in [0.2, 0.25) is 0 Å². The summed E-state index contributed by atoms with van der Waals surface area (Å²) in [5, 5.41) is 10.4. The summed E-state index contributed by atoms with van der Waals surface area (Å²) in [5.74, 6) is 0.429. The van der Waals surface area contributed by atoms with Crippen molar-refractivity contribution in [2.24, 2.45) is 11.3 Å². The fraction of sp³-hybridized carbons (Fsp3) is 0.474. The van der Waals surface area contributed by atoms with Crippen LogP contribution in [0, 0.1) is 18.3 Å². The lowest BCUT2D eigenvalue weighted by Gasteiger charge is -2.54. The van der Waals surface area contributed by atoms with Crippen LogP contribution in [0.4, 0.5) is 10.5 Å². The first-order valence-electron chi connectivity index (χ1n) is 8.77. The van der Waals surface area contributed by atoms with Gasteiger partial charge in [0.25, 0.3) is 0 Å². The number of nitrogens with zero attached hydrogens (tertiary/aromatic N) is 2. The number of fused-ring (bicyclic) bond motifs is 1. The molecule has 2 aromatic rings. The SMILES string of the molecule is Cc1ccnn1-c1cccc(NC(=O)N[C@@H]2[C@@H]3CCO[C@H]3C2(C)C)c1. The topological polar surface area (TPSA) is 68.2 Å². The molecule has 2 aliphatic rings. The van der Waals surface area contributed by atoms with E-state index in [1.165, 1.54) is 0 Å². The Balaban J connectivity index is 1.44. The van der Waals surface area contributed by atoms with Gasteiger partial charge >= 0.3 is 6.03 Å². The second-order valence-corrected chi connectivity index (χ2v) is 7.58. The number of benzene rings is 1. The molecule has 1 aliphatic carbocycles. The number of carbonyl (C=O) groups is 1. The molecule has 25 heavy (non-hydrogen) atoms. The van der Waals surface area contributed by atoms with Crippen LogP contribution in [-0.4, -0.2) is 34.6 Å². The molecule has 1 aromatic carbocycles. The average Bonchev–Trinajstić information content (AvgIpc) is 3.20. The van der Waals surface area contributed by atoms with Crippen molar-refractivity contribution in [2.45, 2.75) is 39.3 Å². The van der Waals surface area contributed by atoms with Crippen molar-refractivity contribution in [1.82, 2.24) is 15.1 Å². The van der Waals surface area contributed by atoms with Crippen molar-refractivity contribution in [1.29, 1.82) is 0 Å². The molecule has 2 amide bonds. The smallest absolute Gasteiger partial charge is 0.319 e. The molecule has 2 N–H and O–H groups in total. The predicted octanol–water partition coefficient (Wildman–Crippen LogP) is 3.12.